The highest BCUT2D eigenvalue weighted by molar-refractivity contribution is 5.77. The smallest absolute Gasteiger partial charge is 0.320 e. The third-order valence-corrected chi connectivity index (χ3v) is 3.54. The summed E-state index contributed by atoms with van der Waals surface area (Å²) in [7, 11) is 0. The quantitative estimate of drug-likeness (QED) is 0.736. The van der Waals surface area contributed by atoms with Crippen LogP contribution in [0.1, 0.15) is 45.4 Å². The van der Waals surface area contributed by atoms with Gasteiger partial charge in [0.05, 0.1) is 10.9 Å². The average molecular weight is 305 g/mol. The first kappa shape index (κ1) is 16.1. The van der Waals surface area contributed by atoms with Gasteiger partial charge < -0.3 is 5.32 Å². The fourth-order valence-corrected chi connectivity index (χ4v) is 2.31. The minimum absolute atomic E-state index is 0.370. The summed E-state index contributed by atoms with van der Waals surface area (Å²) in [6.45, 7) is 2.74. The molecule has 0 radical (unpaired) electrons. The molecule has 6 heteroatoms. The van der Waals surface area contributed by atoms with Crippen molar-refractivity contribution < 1.29 is 9.63 Å². The molecule has 6 nitrogen and oxygen atoms in total. The van der Waals surface area contributed by atoms with E-state index in [1.807, 2.05) is 0 Å². The standard InChI is InChI=1S/C16H23N3O3/c1-2-3-4-5-6-9-12-17-16(21)22-19-15(20)13-10-7-8-11-14(13)18-19/h7-8,10-11,18H,2-6,9,12H2,1H3,(H,17,21). The Morgan fingerprint density at radius 3 is 2.68 bits per heavy atom. The maximum absolute atomic E-state index is 12.0. The van der Waals surface area contributed by atoms with Crippen LogP contribution in [-0.2, 0) is 0 Å². The van der Waals surface area contributed by atoms with Gasteiger partial charge in [0.1, 0.15) is 0 Å². The Morgan fingerprint density at radius 2 is 1.91 bits per heavy atom. The van der Waals surface area contributed by atoms with Crippen LogP contribution in [0.5, 0.6) is 0 Å². The molecule has 0 aliphatic rings. The van der Waals surface area contributed by atoms with Crippen LogP contribution in [0.25, 0.3) is 10.9 Å². The molecule has 0 unspecified atom stereocenters. The van der Waals surface area contributed by atoms with E-state index in [4.69, 9.17) is 4.84 Å². The van der Waals surface area contributed by atoms with Crippen LogP contribution >= 0.6 is 0 Å². The monoisotopic (exact) mass is 305 g/mol. The lowest BCUT2D eigenvalue weighted by molar-refractivity contribution is 0.112. The molecule has 0 aliphatic carbocycles. The number of unbranched alkanes of at least 4 members (excludes halogenated alkanes) is 5. The Labute approximate surface area is 129 Å². The van der Waals surface area contributed by atoms with Crippen LogP contribution < -0.4 is 15.7 Å². The predicted octanol–water partition coefficient (Wildman–Crippen LogP) is 2.83. The normalized spacial score (nSPS) is 10.8. The van der Waals surface area contributed by atoms with E-state index >= 15 is 0 Å². The van der Waals surface area contributed by atoms with Crippen LogP contribution in [-0.4, -0.2) is 22.6 Å². The molecule has 0 bridgehead atoms. The number of benzene rings is 1. The topological polar surface area (TPSA) is 76.1 Å². The van der Waals surface area contributed by atoms with Crippen LogP contribution in [0.15, 0.2) is 29.1 Å². The van der Waals surface area contributed by atoms with E-state index in [-0.39, 0.29) is 5.56 Å². The molecular formula is C16H23N3O3. The van der Waals surface area contributed by atoms with Crippen LogP contribution in [0.2, 0.25) is 0 Å². The molecule has 1 aromatic heterocycles. The number of nitrogens with one attached hydrogen (secondary N) is 2. The summed E-state index contributed by atoms with van der Waals surface area (Å²) in [4.78, 5) is 29.5. The van der Waals surface area contributed by atoms with Crippen molar-refractivity contribution >= 4 is 17.0 Å². The highest BCUT2D eigenvalue weighted by Gasteiger charge is 2.10. The largest absolute Gasteiger partial charge is 0.433 e. The first-order chi connectivity index (χ1) is 10.7. The molecule has 1 amide bonds. The summed E-state index contributed by atoms with van der Waals surface area (Å²) in [6, 6.07) is 7.01. The van der Waals surface area contributed by atoms with Crippen LogP contribution in [0.4, 0.5) is 4.79 Å². The summed E-state index contributed by atoms with van der Waals surface area (Å²) in [5, 5.41) is 5.89. The van der Waals surface area contributed by atoms with Crippen molar-refractivity contribution in [3.8, 4) is 0 Å². The molecule has 2 aromatic rings. The van der Waals surface area contributed by atoms with Gasteiger partial charge >= 0.3 is 11.7 Å². The number of carbonyl (C=O) groups is 1. The van der Waals surface area contributed by atoms with Crippen molar-refractivity contribution in [3.63, 3.8) is 0 Å². The number of nitrogens with zero attached hydrogens (tertiary/aromatic N) is 1. The second-order valence-corrected chi connectivity index (χ2v) is 5.33. The Bertz CT molecular complexity index is 660. The van der Waals surface area contributed by atoms with Gasteiger partial charge in [-0.15, -0.1) is 0 Å². The number of carbonyl (C=O) groups excluding carboxylic acids is 1. The number of para-hydroxylation sites is 1. The van der Waals surface area contributed by atoms with Crippen LogP contribution in [0.3, 0.4) is 0 Å². The van der Waals surface area contributed by atoms with E-state index in [0.29, 0.717) is 17.4 Å². The number of rotatable bonds is 8. The van der Waals surface area contributed by atoms with E-state index in [2.05, 4.69) is 17.3 Å². The SMILES string of the molecule is CCCCCCCCNC(=O)On1[nH]c2ccccc2c1=O. The van der Waals surface area contributed by atoms with Gasteiger partial charge in [0.2, 0.25) is 0 Å². The second kappa shape index (κ2) is 8.26. The van der Waals surface area contributed by atoms with Gasteiger partial charge in [-0.1, -0.05) is 56.0 Å². The van der Waals surface area contributed by atoms with Gasteiger partial charge in [-0.3, -0.25) is 14.7 Å². The number of aromatic nitrogens is 2. The van der Waals surface area contributed by atoms with Crippen molar-refractivity contribution in [1.29, 1.82) is 0 Å². The fourth-order valence-electron chi connectivity index (χ4n) is 2.31. The highest BCUT2D eigenvalue weighted by Crippen LogP contribution is 2.05. The lowest BCUT2D eigenvalue weighted by Gasteiger charge is -2.05. The van der Waals surface area contributed by atoms with E-state index < -0.39 is 6.09 Å². The summed E-state index contributed by atoms with van der Waals surface area (Å²) < 4.78 is 0. The molecule has 0 fully saturated rings. The molecular weight excluding hydrogens is 282 g/mol. The molecule has 1 aromatic carbocycles. The summed E-state index contributed by atoms with van der Waals surface area (Å²) in [5.41, 5.74) is 0.265. The Kier molecular flexibility index (Phi) is 6.06. The van der Waals surface area contributed by atoms with Gasteiger partial charge in [0.15, 0.2) is 0 Å². The van der Waals surface area contributed by atoms with E-state index in [1.165, 1.54) is 25.7 Å². The second-order valence-electron chi connectivity index (χ2n) is 5.33. The van der Waals surface area contributed by atoms with Gasteiger partial charge in [-0.05, 0) is 18.6 Å². The minimum atomic E-state index is -0.623. The fraction of sp³-hybridized carbons (Fsp3) is 0.500. The van der Waals surface area contributed by atoms with Crippen molar-refractivity contribution in [2.45, 2.75) is 45.4 Å². The molecule has 2 rings (SSSR count). The molecule has 0 spiro atoms. The van der Waals surface area contributed by atoms with E-state index in [9.17, 15) is 9.59 Å². The predicted molar refractivity (Wildman–Crippen MR) is 85.9 cm³/mol. The number of hydrogen-bond acceptors (Lipinski definition) is 3. The first-order valence-corrected chi connectivity index (χ1v) is 7.88. The number of aromatic amines is 1. The van der Waals surface area contributed by atoms with Gasteiger partial charge in [-0.25, -0.2) is 4.79 Å². The molecule has 0 saturated carbocycles. The number of H-pyrrole nitrogens is 1. The molecule has 0 atom stereocenters. The molecule has 120 valence electrons. The highest BCUT2D eigenvalue weighted by atomic mass is 16.7. The zero-order valence-corrected chi connectivity index (χ0v) is 12.9. The Morgan fingerprint density at radius 1 is 1.18 bits per heavy atom. The first-order valence-electron chi connectivity index (χ1n) is 7.88. The molecule has 22 heavy (non-hydrogen) atoms. The minimum Gasteiger partial charge on any atom is -0.320 e. The maximum Gasteiger partial charge on any atom is 0.433 e. The third kappa shape index (κ3) is 4.38. The van der Waals surface area contributed by atoms with Gasteiger partial charge in [0.25, 0.3) is 0 Å². The third-order valence-electron chi connectivity index (χ3n) is 3.54. The lowest BCUT2D eigenvalue weighted by atomic mass is 10.1. The van der Waals surface area contributed by atoms with Crippen molar-refractivity contribution in [2.24, 2.45) is 0 Å². The Balaban J connectivity index is 1.74. The van der Waals surface area contributed by atoms with Gasteiger partial charge in [0, 0.05) is 6.54 Å². The summed E-state index contributed by atoms with van der Waals surface area (Å²) in [5.74, 6) is 0. The zero-order chi connectivity index (χ0) is 15.8. The number of amides is 1. The summed E-state index contributed by atoms with van der Waals surface area (Å²) in [6.07, 6.45) is 6.30. The number of fused-ring (bicyclic) bond motifs is 1. The van der Waals surface area contributed by atoms with Crippen molar-refractivity contribution in [1.82, 2.24) is 15.3 Å². The van der Waals surface area contributed by atoms with Crippen LogP contribution in [0, 0.1) is 0 Å². The summed E-state index contributed by atoms with van der Waals surface area (Å²) >= 11 is 0. The molecule has 0 saturated heterocycles. The lowest BCUT2D eigenvalue weighted by Crippen LogP contribution is -2.37. The zero-order valence-electron chi connectivity index (χ0n) is 12.9. The maximum atomic E-state index is 12.0. The molecule has 2 N–H and O–H groups in total. The average Bonchev–Trinajstić information content (AvgIpc) is 2.83. The molecule has 1 heterocycles. The Hall–Kier alpha value is -2.24. The number of hydrogen-bond donors (Lipinski definition) is 2. The van der Waals surface area contributed by atoms with Crippen molar-refractivity contribution in [3.05, 3.63) is 34.6 Å². The van der Waals surface area contributed by atoms with Gasteiger partial charge in [-0.2, -0.15) is 0 Å². The van der Waals surface area contributed by atoms with E-state index in [0.717, 1.165) is 17.7 Å². The van der Waals surface area contributed by atoms with E-state index in [1.54, 1.807) is 24.3 Å². The van der Waals surface area contributed by atoms with Crippen molar-refractivity contribution in [2.75, 3.05) is 6.54 Å². The molecule has 0 aliphatic heterocycles.